The Bertz CT molecular complexity index is 2780. The summed E-state index contributed by atoms with van der Waals surface area (Å²) in [7, 11) is 0. The molecule has 224 valence electrons. The molecule has 10 aromatic rings. The number of aromatic nitrogens is 4. The van der Waals surface area contributed by atoms with Crippen LogP contribution in [0.3, 0.4) is 0 Å². The molecule has 0 spiro atoms. The molecule has 4 nitrogen and oxygen atoms in total. The van der Waals surface area contributed by atoms with Crippen molar-refractivity contribution in [1.82, 2.24) is 19.5 Å². The topological polar surface area (TPSA) is 43.6 Å². The third kappa shape index (κ3) is 4.25. The maximum Gasteiger partial charge on any atom is 0.164 e. The van der Waals surface area contributed by atoms with Crippen LogP contribution in [0.2, 0.25) is 0 Å². The third-order valence-electron chi connectivity index (χ3n) is 9.22. The first-order valence-corrected chi connectivity index (χ1v) is 16.9. The van der Waals surface area contributed by atoms with E-state index >= 15 is 0 Å². The van der Waals surface area contributed by atoms with Gasteiger partial charge in [0.1, 0.15) is 0 Å². The second-order valence-electron chi connectivity index (χ2n) is 12.1. The minimum absolute atomic E-state index is 0.664. The van der Waals surface area contributed by atoms with E-state index in [1.54, 1.807) is 0 Å². The van der Waals surface area contributed by atoms with Crippen LogP contribution in [0.4, 0.5) is 0 Å². The van der Waals surface area contributed by atoms with Gasteiger partial charge in [0.25, 0.3) is 0 Å². The minimum atomic E-state index is 0.664. The summed E-state index contributed by atoms with van der Waals surface area (Å²) in [5, 5.41) is 7.38. The van der Waals surface area contributed by atoms with Crippen molar-refractivity contribution in [2.45, 2.75) is 0 Å². The predicted octanol–water partition coefficient (Wildman–Crippen LogP) is 11.5. The van der Waals surface area contributed by atoms with Crippen molar-refractivity contribution in [1.29, 1.82) is 0 Å². The molecule has 0 unspecified atom stereocenters. The average molecular weight is 631 g/mol. The van der Waals surface area contributed by atoms with Crippen molar-refractivity contribution < 1.29 is 0 Å². The molecule has 0 saturated carbocycles. The number of benzene rings is 7. The van der Waals surface area contributed by atoms with E-state index in [0.29, 0.717) is 17.5 Å². The van der Waals surface area contributed by atoms with Crippen molar-refractivity contribution in [3.63, 3.8) is 0 Å². The highest BCUT2D eigenvalue weighted by Crippen LogP contribution is 2.42. The van der Waals surface area contributed by atoms with Crippen molar-refractivity contribution in [2.75, 3.05) is 0 Å². The molecule has 7 aromatic carbocycles. The minimum Gasteiger partial charge on any atom is -0.309 e. The zero-order valence-electron chi connectivity index (χ0n) is 25.7. The van der Waals surface area contributed by atoms with Crippen LogP contribution in [-0.4, -0.2) is 19.5 Å². The van der Waals surface area contributed by atoms with E-state index in [2.05, 4.69) is 102 Å². The Balaban J connectivity index is 1.19. The molecule has 0 aliphatic rings. The Kier molecular flexibility index (Phi) is 6.01. The molecule has 0 aliphatic heterocycles. The van der Waals surface area contributed by atoms with Crippen LogP contribution in [0, 0.1) is 0 Å². The molecular weight excluding hydrogens is 605 g/mol. The molecule has 0 fully saturated rings. The SMILES string of the molecule is c1ccc(-c2nc(-c3ccccc3)nc(-c3cccc4sc5cc(-n6c7ccccc7c7cc8ccccc8cc76)ccc5c34)n2)cc1. The number of fused-ring (bicyclic) bond motifs is 7. The Labute approximate surface area is 280 Å². The lowest BCUT2D eigenvalue weighted by Crippen LogP contribution is -2.00. The van der Waals surface area contributed by atoms with E-state index < -0.39 is 0 Å². The first-order chi connectivity index (χ1) is 23.8. The molecule has 0 N–H and O–H groups in total. The summed E-state index contributed by atoms with van der Waals surface area (Å²) in [5.74, 6) is 2.00. The summed E-state index contributed by atoms with van der Waals surface area (Å²) in [6, 6.07) is 55.6. The Morgan fingerprint density at radius 1 is 0.417 bits per heavy atom. The number of thiophene rings is 1. The van der Waals surface area contributed by atoms with Crippen LogP contribution in [0.15, 0.2) is 158 Å². The molecule has 0 radical (unpaired) electrons. The highest BCUT2D eigenvalue weighted by atomic mass is 32.1. The van der Waals surface area contributed by atoms with Gasteiger partial charge in [0.2, 0.25) is 0 Å². The van der Waals surface area contributed by atoms with Crippen LogP contribution in [0.5, 0.6) is 0 Å². The fourth-order valence-electron chi connectivity index (χ4n) is 7.00. The summed E-state index contributed by atoms with van der Waals surface area (Å²) >= 11 is 1.81. The van der Waals surface area contributed by atoms with Gasteiger partial charge < -0.3 is 4.57 Å². The van der Waals surface area contributed by atoms with E-state index in [-0.39, 0.29) is 0 Å². The molecule has 48 heavy (non-hydrogen) atoms. The number of rotatable bonds is 4. The maximum absolute atomic E-state index is 5.07. The Hall–Kier alpha value is -6.17. The quantitative estimate of drug-likeness (QED) is 0.194. The Morgan fingerprint density at radius 2 is 1.06 bits per heavy atom. The van der Waals surface area contributed by atoms with Gasteiger partial charge in [0, 0.05) is 53.3 Å². The van der Waals surface area contributed by atoms with Gasteiger partial charge in [-0.2, -0.15) is 0 Å². The van der Waals surface area contributed by atoms with Crippen LogP contribution < -0.4 is 0 Å². The molecule has 0 aliphatic carbocycles. The van der Waals surface area contributed by atoms with Crippen molar-refractivity contribution in [3.8, 4) is 39.9 Å². The third-order valence-corrected chi connectivity index (χ3v) is 10.3. The fraction of sp³-hybridized carbons (Fsp3) is 0. The summed E-state index contributed by atoms with van der Waals surface area (Å²) in [5.41, 5.74) is 6.49. The van der Waals surface area contributed by atoms with Gasteiger partial charge in [-0.05, 0) is 47.2 Å². The zero-order chi connectivity index (χ0) is 31.6. The second kappa shape index (κ2) is 10.7. The lowest BCUT2D eigenvalue weighted by molar-refractivity contribution is 1.08. The lowest BCUT2D eigenvalue weighted by atomic mass is 10.0. The standard InChI is InChI=1S/C43H26N4S/c1-3-12-27(13-4-1)41-44-42(28-14-5-2-6-15-28)46-43(45-41)34-19-11-21-38-40(34)33-23-22-31(26-39(33)48-38)47-36-20-10-9-18-32(36)35-24-29-16-7-8-17-30(29)25-37(35)47/h1-26H. The maximum atomic E-state index is 5.07. The van der Waals surface area contributed by atoms with Gasteiger partial charge in [0.15, 0.2) is 17.5 Å². The molecule has 0 saturated heterocycles. The zero-order valence-corrected chi connectivity index (χ0v) is 26.5. The summed E-state index contributed by atoms with van der Waals surface area (Å²) in [6.45, 7) is 0. The molecule has 5 heteroatoms. The first kappa shape index (κ1) is 27.0. The van der Waals surface area contributed by atoms with E-state index in [1.807, 2.05) is 72.0 Å². The number of hydrogen-bond acceptors (Lipinski definition) is 4. The Morgan fingerprint density at radius 3 is 1.81 bits per heavy atom. The van der Waals surface area contributed by atoms with Gasteiger partial charge in [-0.25, -0.2) is 15.0 Å². The molecule has 3 aromatic heterocycles. The monoisotopic (exact) mass is 630 g/mol. The number of hydrogen-bond donors (Lipinski definition) is 0. The molecule has 0 bridgehead atoms. The average Bonchev–Trinajstić information content (AvgIpc) is 3.69. The predicted molar refractivity (Wildman–Crippen MR) is 201 cm³/mol. The van der Waals surface area contributed by atoms with E-state index in [4.69, 9.17) is 15.0 Å². The smallest absolute Gasteiger partial charge is 0.164 e. The normalized spacial score (nSPS) is 11.8. The number of nitrogens with zero attached hydrogens (tertiary/aromatic N) is 4. The van der Waals surface area contributed by atoms with Crippen molar-refractivity contribution >= 4 is 64.1 Å². The van der Waals surface area contributed by atoms with Gasteiger partial charge in [-0.15, -0.1) is 11.3 Å². The van der Waals surface area contributed by atoms with Crippen molar-refractivity contribution in [3.05, 3.63) is 158 Å². The van der Waals surface area contributed by atoms with E-state index in [0.717, 1.165) is 22.4 Å². The molecule has 0 amide bonds. The highest BCUT2D eigenvalue weighted by molar-refractivity contribution is 7.26. The first-order valence-electron chi connectivity index (χ1n) is 16.0. The summed E-state index contributed by atoms with van der Waals surface area (Å²) in [6.07, 6.45) is 0. The molecule has 0 atom stereocenters. The van der Waals surface area contributed by atoms with E-state index in [1.165, 1.54) is 52.8 Å². The molecule has 10 rings (SSSR count). The van der Waals surface area contributed by atoms with Crippen LogP contribution in [-0.2, 0) is 0 Å². The fourth-order valence-corrected chi connectivity index (χ4v) is 8.17. The number of para-hydroxylation sites is 1. The summed E-state index contributed by atoms with van der Waals surface area (Å²) in [4.78, 5) is 15.0. The largest absolute Gasteiger partial charge is 0.309 e. The van der Waals surface area contributed by atoms with Crippen LogP contribution in [0.1, 0.15) is 0 Å². The van der Waals surface area contributed by atoms with Gasteiger partial charge in [0.05, 0.1) is 11.0 Å². The van der Waals surface area contributed by atoms with E-state index in [9.17, 15) is 0 Å². The van der Waals surface area contributed by atoms with Crippen LogP contribution in [0.25, 0.3) is 92.6 Å². The molecule has 3 heterocycles. The van der Waals surface area contributed by atoms with Gasteiger partial charge >= 0.3 is 0 Å². The van der Waals surface area contributed by atoms with Gasteiger partial charge in [-0.3, -0.25) is 0 Å². The lowest BCUT2D eigenvalue weighted by Gasteiger charge is -2.10. The molecular formula is C43H26N4S. The van der Waals surface area contributed by atoms with Crippen molar-refractivity contribution in [2.24, 2.45) is 0 Å². The van der Waals surface area contributed by atoms with Gasteiger partial charge in [-0.1, -0.05) is 121 Å². The second-order valence-corrected chi connectivity index (χ2v) is 13.2. The summed E-state index contributed by atoms with van der Waals surface area (Å²) < 4.78 is 4.84. The highest BCUT2D eigenvalue weighted by Gasteiger charge is 2.18. The van der Waals surface area contributed by atoms with Crippen LogP contribution >= 0.6 is 11.3 Å².